The minimum atomic E-state index is -0.873. The van der Waals surface area contributed by atoms with Crippen LogP contribution in [0.15, 0.2) is 6.07 Å². The number of amides is 1. The fourth-order valence-corrected chi connectivity index (χ4v) is 3.51. The zero-order chi connectivity index (χ0) is 24.3. The number of aliphatic hydroxyl groups excluding tert-OH is 1. The topological polar surface area (TPSA) is 140 Å². The van der Waals surface area contributed by atoms with Gasteiger partial charge in [-0.3, -0.25) is 13.9 Å². The Bertz CT molecular complexity index is 806. The second-order valence-electron chi connectivity index (χ2n) is 7.04. The molecule has 0 aliphatic rings. The number of nitrogens with one attached hydrogen (secondary N) is 1. The van der Waals surface area contributed by atoms with Crippen LogP contribution in [0.2, 0.25) is 0 Å². The Kier molecular flexibility index (Phi) is 11.8. The van der Waals surface area contributed by atoms with Gasteiger partial charge in [0, 0.05) is 39.2 Å². The molecule has 180 valence electrons. The van der Waals surface area contributed by atoms with Crippen LogP contribution >= 0.6 is 11.9 Å². The van der Waals surface area contributed by atoms with E-state index in [-0.39, 0.29) is 31.4 Å². The molecule has 1 rings (SSSR count). The van der Waals surface area contributed by atoms with Crippen LogP contribution in [-0.2, 0) is 14.4 Å². The molecule has 32 heavy (non-hydrogen) atoms. The lowest BCUT2D eigenvalue weighted by Crippen LogP contribution is -2.36. The summed E-state index contributed by atoms with van der Waals surface area (Å²) in [5, 5.41) is 22.5. The number of carbonyl (C=O) groups excluding carboxylic acids is 2. The van der Waals surface area contributed by atoms with E-state index in [1.807, 2.05) is 20.8 Å². The average Bonchev–Trinajstić information content (AvgIpc) is 2.70. The summed E-state index contributed by atoms with van der Waals surface area (Å²) in [7, 11) is 0. The molecular weight excluding hydrogens is 442 g/mol. The number of nitrogens with zero attached hydrogens (tertiary/aromatic N) is 2. The number of ether oxygens (including phenoxy) is 2. The van der Waals surface area contributed by atoms with Crippen molar-refractivity contribution in [1.82, 2.24) is 9.62 Å². The van der Waals surface area contributed by atoms with Crippen LogP contribution in [-0.4, -0.2) is 71.1 Å². The summed E-state index contributed by atoms with van der Waals surface area (Å²) in [6.07, 6.45) is -0.782. The monoisotopic (exact) mass is 473 g/mol. The number of hydrogen-bond acceptors (Lipinski definition) is 10. The van der Waals surface area contributed by atoms with Crippen LogP contribution < -0.4 is 14.8 Å². The second kappa shape index (κ2) is 13.8. The van der Waals surface area contributed by atoms with Gasteiger partial charge in [-0.05, 0) is 55.5 Å². The highest BCUT2D eigenvalue weighted by molar-refractivity contribution is 7.97. The van der Waals surface area contributed by atoms with E-state index in [9.17, 15) is 24.8 Å². The second-order valence-corrected chi connectivity index (χ2v) is 8.15. The molecule has 1 aromatic rings. The lowest BCUT2D eigenvalue weighted by Gasteiger charge is -2.21. The van der Waals surface area contributed by atoms with Crippen molar-refractivity contribution < 1.29 is 34.1 Å². The van der Waals surface area contributed by atoms with Gasteiger partial charge >= 0.3 is 5.97 Å². The van der Waals surface area contributed by atoms with Crippen LogP contribution in [0.1, 0.15) is 30.5 Å². The van der Waals surface area contributed by atoms with Gasteiger partial charge in [0.2, 0.25) is 5.91 Å². The van der Waals surface area contributed by atoms with Crippen LogP contribution in [0.25, 0.3) is 0 Å². The molecule has 1 unspecified atom stereocenters. The zero-order valence-corrected chi connectivity index (χ0v) is 19.8. The standard InChI is InChI=1S/C20H31N3O8S/c1-13-10-19(14(2)15(3)20(13)31-17(5)25)29-12-18(26)11-21-6-7-22(16(4)24)32-9-8-30-23(27)28/h10,18,21,26H,6-9,11-12H2,1-5H3. The van der Waals surface area contributed by atoms with E-state index in [4.69, 9.17) is 9.47 Å². The summed E-state index contributed by atoms with van der Waals surface area (Å²) in [5.74, 6) is 0.817. The predicted molar refractivity (Wildman–Crippen MR) is 119 cm³/mol. The smallest absolute Gasteiger partial charge is 0.308 e. The third-order valence-electron chi connectivity index (χ3n) is 4.41. The van der Waals surface area contributed by atoms with E-state index in [2.05, 4.69) is 10.2 Å². The molecule has 0 bridgehead atoms. The van der Waals surface area contributed by atoms with Gasteiger partial charge in [-0.15, -0.1) is 10.1 Å². The highest BCUT2D eigenvalue weighted by Gasteiger charge is 2.15. The molecule has 0 aliphatic carbocycles. The molecule has 12 heteroatoms. The fourth-order valence-electron chi connectivity index (χ4n) is 2.74. The van der Waals surface area contributed by atoms with Crippen LogP contribution in [0.5, 0.6) is 11.5 Å². The molecule has 0 saturated heterocycles. The van der Waals surface area contributed by atoms with E-state index in [1.165, 1.54) is 18.2 Å². The number of benzene rings is 1. The summed E-state index contributed by atoms with van der Waals surface area (Å²) in [5.41, 5.74) is 2.38. The highest BCUT2D eigenvalue weighted by atomic mass is 32.2. The van der Waals surface area contributed by atoms with E-state index in [0.29, 0.717) is 24.6 Å². The number of aryl methyl sites for hydroxylation is 1. The van der Waals surface area contributed by atoms with Crippen molar-refractivity contribution in [3.63, 3.8) is 0 Å². The number of rotatable bonds is 14. The van der Waals surface area contributed by atoms with Crippen molar-refractivity contribution in [2.75, 3.05) is 38.6 Å². The van der Waals surface area contributed by atoms with Crippen LogP contribution in [0.3, 0.4) is 0 Å². The lowest BCUT2D eigenvalue weighted by atomic mass is 10.0. The number of carbonyl (C=O) groups is 2. The molecule has 2 N–H and O–H groups in total. The van der Waals surface area contributed by atoms with Crippen molar-refractivity contribution in [3.05, 3.63) is 32.9 Å². The number of esters is 1. The Morgan fingerprint density at radius 1 is 1.28 bits per heavy atom. The maximum absolute atomic E-state index is 11.6. The normalized spacial score (nSPS) is 11.6. The van der Waals surface area contributed by atoms with Crippen molar-refractivity contribution in [2.45, 2.75) is 40.7 Å². The first kappa shape index (κ1) is 27.5. The van der Waals surface area contributed by atoms with Crippen LogP contribution in [0, 0.1) is 30.9 Å². The first-order valence-electron chi connectivity index (χ1n) is 10.0. The Morgan fingerprint density at radius 2 is 1.97 bits per heavy atom. The molecule has 0 heterocycles. The first-order chi connectivity index (χ1) is 15.0. The van der Waals surface area contributed by atoms with Gasteiger partial charge in [0.05, 0.1) is 0 Å². The van der Waals surface area contributed by atoms with Gasteiger partial charge in [0.15, 0.2) is 0 Å². The Balaban J connectivity index is 2.43. The number of aliphatic hydroxyl groups is 1. The Hall–Kier alpha value is -2.57. The van der Waals surface area contributed by atoms with Gasteiger partial charge < -0.3 is 24.7 Å². The van der Waals surface area contributed by atoms with Gasteiger partial charge in [0.1, 0.15) is 30.8 Å². The molecular formula is C20H31N3O8S. The average molecular weight is 474 g/mol. The first-order valence-corrected chi connectivity index (χ1v) is 11.0. The van der Waals surface area contributed by atoms with Gasteiger partial charge in [0.25, 0.3) is 5.09 Å². The predicted octanol–water partition coefficient (Wildman–Crippen LogP) is 1.57. The molecule has 0 fully saturated rings. The Labute approximate surface area is 191 Å². The molecule has 0 aliphatic heterocycles. The van der Waals surface area contributed by atoms with Crippen molar-refractivity contribution >= 4 is 23.8 Å². The van der Waals surface area contributed by atoms with Gasteiger partial charge in [-0.25, -0.2) is 0 Å². The van der Waals surface area contributed by atoms with E-state index in [1.54, 1.807) is 6.07 Å². The molecule has 1 aromatic carbocycles. The molecule has 0 radical (unpaired) electrons. The molecule has 1 atom stereocenters. The van der Waals surface area contributed by atoms with Crippen molar-refractivity contribution in [1.29, 1.82) is 0 Å². The lowest BCUT2D eigenvalue weighted by molar-refractivity contribution is -0.756. The molecule has 11 nitrogen and oxygen atoms in total. The third-order valence-corrected chi connectivity index (χ3v) is 5.51. The molecule has 0 spiro atoms. The summed E-state index contributed by atoms with van der Waals surface area (Å²) < 4.78 is 12.5. The zero-order valence-electron chi connectivity index (χ0n) is 19.0. The minimum Gasteiger partial charge on any atom is -0.491 e. The van der Waals surface area contributed by atoms with Gasteiger partial charge in [-0.1, -0.05) is 0 Å². The molecule has 1 amide bonds. The van der Waals surface area contributed by atoms with E-state index < -0.39 is 17.2 Å². The van der Waals surface area contributed by atoms with Crippen molar-refractivity contribution in [3.8, 4) is 11.5 Å². The summed E-state index contributed by atoms with van der Waals surface area (Å²) in [4.78, 5) is 37.3. The third kappa shape index (κ3) is 9.71. The fraction of sp³-hybridized carbons (Fsp3) is 0.600. The minimum absolute atomic E-state index is 0.0586. The largest absolute Gasteiger partial charge is 0.491 e. The Morgan fingerprint density at radius 3 is 2.56 bits per heavy atom. The van der Waals surface area contributed by atoms with Crippen molar-refractivity contribution in [2.24, 2.45) is 0 Å². The quantitative estimate of drug-likeness (QED) is 0.102. The summed E-state index contributed by atoms with van der Waals surface area (Å²) >= 11 is 1.14. The number of hydrogen-bond donors (Lipinski definition) is 2. The van der Waals surface area contributed by atoms with Gasteiger partial charge in [-0.2, -0.15) is 0 Å². The van der Waals surface area contributed by atoms with E-state index >= 15 is 0 Å². The van der Waals surface area contributed by atoms with E-state index in [0.717, 1.165) is 28.6 Å². The highest BCUT2D eigenvalue weighted by Crippen LogP contribution is 2.33. The summed E-state index contributed by atoms with van der Waals surface area (Å²) in [6.45, 7) is 9.26. The maximum atomic E-state index is 11.6. The summed E-state index contributed by atoms with van der Waals surface area (Å²) in [6, 6.07) is 1.77. The van der Waals surface area contributed by atoms with Crippen LogP contribution in [0.4, 0.5) is 0 Å². The SMILES string of the molecule is CC(=O)Oc1c(C)cc(OCC(O)CNCCN(SCCO[N+](=O)[O-])C(C)=O)c(C)c1C. The molecule has 0 aromatic heterocycles. The molecule has 0 saturated carbocycles. The maximum Gasteiger partial charge on any atom is 0.308 e.